The van der Waals surface area contributed by atoms with Crippen LogP contribution in [0.1, 0.15) is 20.7 Å². The molecule has 0 saturated carbocycles. The Balaban J connectivity index is 1.47. The van der Waals surface area contributed by atoms with Gasteiger partial charge >= 0.3 is 0 Å². The highest BCUT2D eigenvalue weighted by molar-refractivity contribution is 5.97. The molecular formula is C25H24FN3O5. The summed E-state index contributed by atoms with van der Waals surface area (Å²) in [5.41, 5.74) is 0.737. The number of para-hydroxylation sites is 2. The maximum atomic E-state index is 13.7. The molecule has 0 atom stereocenters. The van der Waals surface area contributed by atoms with Gasteiger partial charge in [-0.15, -0.1) is 0 Å². The van der Waals surface area contributed by atoms with Crippen molar-refractivity contribution in [3.8, 4) is 11.5 Å². The summed E-state index contributed by atoms with van der Waals surface area (Å²) in [6, 6.07) is 18.9. The van der Waals surface area contributed by atoms with Crippen LogP contribution in [-0.2, 0) is 4.79 Å². The molecule has 3 rings (SSSR count). The molecule has 0 aliphatic rings. The number of hydrogen-bond acceptors (Lipinski definition) is 5. The monoisotopic (exact) mass is 465 g/mol. The predicted octanol–water partition coefficient (Wildman–Crippen LogP) is 3.01. The van der Waals surface area contributed by atoms with Crippen LogP contribution in [0, 0.1) is 5.82 Å². The van der Waals surface area contributed by atoms with E-state index in [9.17, 15) is 18.8 Å². The van der Waals surface area contributed by atoms with E-state index in [2.05, 4.69) is 16.0 Å². The number of benzene rings is 3. The van der Waals surface area contributed by atoms with E-state index in [0.29, 0.717) is 11.3 Å². The minimum absolute atomic E-state index is 0.0406. The maximum Gasteiger partial charge on any atom is 0.262 e. The fraction of sp³-hybridized carbons (Fsp3) is 0.160. The summed E-state index contributed by atoms with van der Waals surface area (Å²) in [6.07, 6.45) is 0. The number of halogens is 1. The van der Waals surface area contributed by atoms with Gasteiger partial charge in [0.25, 0.3) is 17.7 Å². The predicted molar refractivity (Wildman–Crippen MR) is 125 cm³/mol. The number of nitrogens with one attached hydrogen (secondary N) is 3. The smallest absolute Gasteiger partial charge is 0.262 e. The second kappa shape index (κ2) is 12.0. The highest BCUT2D eigenvalue weighted by atomic mass is 19.1. The van der Waals surface area contributed by atoms with Crippen molar-refractivity contribution in [1.29, 1.82) is 0 Å². The third-order valence-electron chi connectivity index (χ3n) is 4.69. The van der Waals surface area contributed by atoms with Gasteiger partial charge in [-0.25, -0.2) is 4.39 Å². The quantitative estimate of drug-likeness (QED) is 0.399. The number of carbonyl (C=O) groups excluding carboxylic acids is 3. The van der Waals surface area contributed by atoms with Crippen molar-refractivity contribution >= 4 is 23.4 Å². The lowest BCUT2D eigenvalue weighted by Gasteiger charge is -2.12. The maximum absolute atomic E-state index is 13.7. The van der Waals surface area contributed by atoms with Crippen molar-refractivity contribution < 1.29 is 28.2 Å². The number of anilines is 1. The van der Waals surface area contributed by atoms with Crippen molar-refractivity contribution in [2.75, 3.05) is 32.1 Å². The van der Waals surface area contributed by atoms with Gasteiger partial charge in [0.15, 0.2) is 6.61 Å². The molecule has 0 aromatic heterocycles. The van der Waals surface area contributed by atoms with Crippen LogP contribution in [-0.4, -0.2) is 44.5 Å². The van der Waals surface area contributed by atoms with Gasteiger partial charge in [0.2, 0.25) is 0 Å². The molecule has 0 unspecified atom stereocenters. The number of hydrogen-bond donors (Lipinski definition) is 3. The number of ether oxygens (including phenoxy) is 2. The van der Waals surface area contributed by atoms with Crippen LogP contribution in [0.3, 0.4) is 0 Å². The second-order valence-corrected chi connectivity index (χ2v) is 7.05. The first-order chi connectivity index (χ1) is 16.5. The van der Waals surface area contributed by atoms with Crippen LogP contribution in [0.5, 0.6) is 11.5 Å². The number of methoxy groups -OCH3 is 1. The Morgan fingerprint density at radius 2 is 1.47 bits per heavy atom. The van der Waals surface area contributed by atoms with E-state index in [0.717, 1.165) is 0 Å². The molecule has 8 nitrogen and oxygen atoms in total. The summed E-state index contributed by atoms with van der Waals surface area (Å²) < 4.78 is 24.2. The summed E-state index contributed by atoms with van der Waals surface area (Å²) in [7, 11) is 1.54. The molecule has 9 heteroatoms. The zero-order chi connectivity index (χ0) is 24.3. The first-order valence-corrected chi connectivity index (χ1v) is 10.4. The van der Waals surface area contributed by atoms with Crippen LogP contribution in [0.15, 0.2) is 72.8 Å². The molecule has 0 aliphatic heterocycles. The number of rotatable bonds is 10. The highest BCUT2D eigenvalue weighted by Crippen LogP contribution is 2.18. The van der Waals surface area contributed by atoms with E-state index in [4.69, 9.17) is 9.47 Å². The molecule has 34 heavy (non-hydrogen) atoms. The van der Waals surface area contributed by atoms with E-state index in [1.54, 1.807) is 61.7 Å². The zero-order valence-corrected chi connectivity index (χ0v) is 18.5. The standard InChI is InChI=1S/C25H24FN3O5/c1-33-18-12-10-17(11-13-18)24(31)27-14-15-28-25(32)19-6-2-5-9-22(19)34-16-23(30)29-21-8-4-3-7-20(21)26/h2-13H,14-16H2,1H3,(H,27,31)(H,28,32)(H,29,30). The molecule has 0 radical (unpaired) electrons. The first kappa shape index (κ1) is 24.2. The van der Waals surface area contributed by atoms with Gasteiger partial charge in [0.05, 0.1) is 18.4 Å². The Hall–Kier alpha value is -4.40. The van der Waals surface area contributed by atoms with E-state index >= 15 is 0 Å². The minimum atomic E-state index is -0.568. The lowest BCUT2D eigenvalue weighted by Crippen LogP contribution is -2.35. The lowest BCUT2D eigenvalue weighted by atomic mass is 10.2. The Morgan fingerprint density at radius 1 is 0.824 bits per heavy atom. The fourth-order valence-corrected chi connectivity index (χ4v) is 2.96. The van der Waals surface area contributed by atoms with Crippen LogP contribution < -0.4 is 25.4 Å². The Kier molecular flexibility index (Phi) is 8.56. The summed E-state index contributed by atoms with van der Waals surface area (Å²) in [5.74, 6) is -0.984. The van der Waals surface area contributed by atoms with E-state index in [1.807, 2.05) is 0 Å². The van der Waals surface area contributed by atoms with Crippen LogP contribution in [0.25, 0.3) is 0 Å². The molecule has 0 heterocycles. The summed E-state index contributed by atoms with van der Waals surface area (Å²) in [6.45, 7) is -0.00987. The third kappa shape index (κ3) is 6.80. The molecular weight excluding hydrogens is 441 g/mol. The molecule has 0 bridgehead atoms. The summed E-state index contributed by atoms with van der Waals surface area (Å²) >= 11 is 0. The second-order valence-electron chi connectivity index (χ2n) is 7.05. The number of amides is 3. The van der Waals surface area contributed by atoms with Gasteiger partial charge in [-0.3, -0.25) is 14.4 Å². The van der Waals surface area contributed by atoms with Crippen molar-refractivity contribution in [3.05, 3.63) is 89.7 Å². The van der Waals surface area contributed by atoms with Gasteiger partial charge in [-0.2, -0.15) is 0 Å². The van der Waals surface area contributed by atoms with Gasteiger partial charge in [-0.05, 0) is 48.5 Å². The van der Waals surface area contributed by atoms with E-state index in [1.165, 1.54) is 18.2 Å². The Bertz CT molecular complexity index is 1150. The molecule has 0 fully saturated rings. The SMILES string of the molecule is COc1ccc(C(=O)NCCNC(=O)c2ccccc2OCC(=O)Nc2ccccc2F)cc1. The fourth-order valence-electron chi connectivity index (χ4n) is 2.96. The molecule has 176 valence electrons. The van der Waals surface area contributed by atoms with Crippen molar-refractivity contribution in [2.24, 2.45) is 0 Å². The lowest BCUT2D eigenvalue weighted by molar-refractivity contribution is -0.118. The Labute approximate surface area is 196 Å². The average Bonchev–Trinajstić information content (AvgIpc) is 2.86. The molecule has 3 amide bonds. The highest BCUT2D eigenvalue weighted by Gasteiger charge is 2.14. The first-order valence-electron chi connectivity index (χ1n) is 10.4. The van der Waals surface area contributed by atoms with Gasteiger partial charge in [0.1, 0.15) is 17.3 Å². The van der Waals surface area contributed by atoms with Crippen molar-refractivity contribution in [2.45, 2.75) is 0 Å². The van der Waals surface area contributed by atoms with E-state index in [-0.39, 0.29) is 36.0 Å². The minimum Gasteiger partial charge on any atom is -0.497 e. The normalized spacial score (nSPS) is 10.2. The van der Waals surface area contributed by atoms with Gasteiger partial charge < -0.3 is 25.4 Å². The molecule has 0 spiro atoms. The van der Waals surface area contributed by atoms with Crippen LogP contribution in [0.2, 0.25) is 0 Å². The average molecular weight is 465 g/mol. The van der Waals surface area contributed by atoms with Crippen LogP contribution >= 0.6 is 0 Å². The molecule has 3 aromatic rings. The summed E-state index contributed by atoms with van der Waals surface area (Å²) in [5, 5.41) is 7.83. The van der Waals surface area contributed by atoms with Gasteiger partial charge in [-0.1, -0.05) is 24.3 Å². The molecule has 3 aromatic carbocycles. The molecule has 0 aliphatic carbocycles. The largest absolute Gasteiger partial charge is 0.497 e. The molecule has 0 saturated heterocycles. The van der Waals surface area contributed by atoms with E-state index < -0.39 is 24.2 Å². The summed E-state index contributed by atoms with van der Waals surface area (Å²) in [4.78, 5) is 36.8. The molecule has 3 N–H and O–H groups in total. The van der Waals surface area contributed by atoms with Gasteiger partial charge in [0, 0.05) is 18.7 Å². The topological polar surface area (TPSA) is 106 Å². The van der Waals surface area contributed by atoms with Crippen molar-refractivity contribution in [1.82, 2.24) is 10.6 Å². The third-order valence-corrected chi connectivity index (χ3v) is 4.69. The zero-order valence-electron chi connectivity index (χ0n) is 18.5. The number of carbonyl (C=O) groups is 3. The van der Waals surface area contributed by atoms with Crippen LogP contribution in [0.4, 0.5) is 10.1 Å². The van der Waals surface area contributed by atoms with Crippen molar-refractivity contribution in [3.63, 3.8) is 0 Å². The Morgan fingerprint density at radius 3 is 2.18 bits per heavy atom.